The van der Waals surface area contributed by atoms with Gasteiger partial charge in [0.2, 0.25) is 0 Å². The molecule has 2 aromatic heterocycles. The molecule has 0 aliphatic heterocycles. The monoisotopic (exact) mass is 389 g/mol. The van der Waals surface area contributed by atoms with Crippen LogP contribution in [0, 0.1) is 0 Å². The maximum atomic E-state index is 12.0. The van der Waals surface area contributed by atoms with Crippen LogP contribution in [0.25, 0.3) is 11.1 Å². The van der Waals surface area contributed by atoms with Crippen LogP contribution in [0.4, 0.5) is 5.13 Å². The van der Waals surface area contributed by atoms with Crippen molar-refractivity contribution in [2.45, 2.75) is 13.3 Å². The van der Waals surface area contributed by atoms with E-state index in [1.54, 1.807) is 18.4 Å². The van der Waals surface area contributed by atoms with Gasteiger partial charge in [0.15, 0.2) is 23.7 Å². The zero-order chi connectivity index (χ0) is 19.2. The third-order valence-corrected chi connectivity index (χ3v) is 4.14. The highest BCUT2D eigenvalue weighted by atomic mass is 32.1. The van der Waals surface area contributed by atoms with E-state index in [1.807, 2.05) is 0 Å². The van der Waals surface area contributed by atoms with Gasteiger partial charge in [-0.15, -0.1) is 11.3 Å². The van der Waals surface area contributed by atoms with E-state index in [4.69, 9.17) is 13.9 Å². The van der Waals surface area contributed by atoms with Crippen LogP contribution >= 0.6 is 11.3 Å². The number of hydrogen-bond donors (Lipinski definition) is 1. The van der Waals surface area contributed by atoms with Gasteiger partial charge < -0.3 is 13.9 Å². The Morgan fingerprint density at radius 1 is 1.26 bits per heavy atom. The summed E-state index contributed by atoms with van der Waals surface area (Å²) in [6.07, 6.45) is 1.30. The highest BCUT2D eigenvalue weighted by Gasteiger charge is 2.14. The molecule has 2 heterocycles. The van der Waals surface area contributed by atoms with Gasteiger partial charge in [0.1, 0.15) is 5.52 Å². The Bertz CT molecular complexity index is 980. The predicted octanol–water partition coefficient (Wildman–Crippen LogP) is 2.19. The smallest absolute Gasteiger partial charge is 0.338 e. The van der Waals surface area contributed by atoms with Crippen LogP contribution in [0.2, 0.25) is 0 Å². The van der Waals surface area contributed by atoms with Crippen LogP contribution in [0.1, 0.15) is 23.0 Å². The number of carbonyl (C=O) groups excluding carboxylic acids is 3. The fourth-order valence-corrected chi connectivity index (χ4v) is 2.89. The first-order chi connectivity index (χ1) is 13.0. The molecule has 0 bridgehead atoms. The van der Waals surface area contributed by atoms with E-state index in [2.05, 4.69) is 15.3 Å². The number of oxazole rings is 1. The zero-order valence-corrected chi connectivity index (χ0v) is 15.1. The van der Waals surface area contributed by atoms with Crippen LogP contribution in [-0.4, -0.2) is 41.0 Å². The normalized spacial score (nSPS) is 10.6. The van der Waals surface area contributed by atoms with Gasteiger partial charge >= 0.3 is 11.9 Å². The van der Waals surface area contributed by atoms with Crippen molar-refractivity contribution in [1.29, 1.82) is 0 Å². The molecule has 1 N–H and O–H groups in total. The minimum absolute atomic E-state index is 0.0275. The van der Waals surface area contributed by atoms with Crippen molar-refractivity contribution < 1.29 is 28.3 Å². The Labute approximate surface area is 157 Å². The van der Waals surface area contributed by atoms with E-state index in [-0.39, 0.29) is 12.0 Å². The summed E-state index contributed by atoms with van der Waals surface area (Å²) in [4.78, 5) is 43.4. The topological polar surface area (TPSA) is 121 Å². The number of aromatic nitrogens is 2. The number of esters is 2. The van der Waals surface area contributed by atoms with Crippen molar-refractivity contribution in [3.05, 3.63) is 41.2 Å². The van der Waals surface area contributed by atoms with Crippen LogP contribution in [0.3, 0.4) is 0 Å². The number of anilines is 1. The molecule has 27 heavy (non-hydrogen) atoms. The molecule has 0 spiro atoms. The molecule has 3 rings (SSSR count). The first kappa shape index (κ1) is 18.5. The lowest BCUT2D eigenvalue weighted by Gasteiger charge is -2.04. The molecule has 0 saturated heterocycles. The van der Waals surface area contributed by atoms with E-state index in [0.717, 1.165) is 11.3 Å². The largest absolute Gasteiger partial charge is 0.466 e. The Hall–Kier alpha value is -3.27. The highest BCUT2D eigenvalue weighted by molar-refractivity contribution is 7.13. The standard InChI is InChI=1S/C17H15N3O6S/c1-2-24-15(22)6-11-8-27-17(19-11)20-14(21)7-25-16(23)10-3-4-13-12(5-10)18-9-26-13/h3-5,8-9H,2,6-7H2,1H3,(H,19,20,21). The van der Waals surface area contributed by atoms with Gasteiger partial charge in [-0.25, -0.2) is 14.8 Å². The quantitative estimate of drug-likeness (QED) is 0.611. The molecule has 140 valence electrons. The fraction of sp³-hybridized carbons (Fsp3) is 0.235. The molecule has 1 amide bonds. The van der Waals surface area contributed by atoms with E-state index >= 15 is 0 Å². The molecule has 9 nitrogen and oxygen atoms in total. The van der Waals surface area contributed by atoms with E-state index in [0.29, 0.717) is 28.5 Å². The summed E-state index contributed by atoms with van der Waals surface area (Å²) in [6.45, 7) is 1.54. The predicted molar refractivity (Wildman–Crippen MR) is 95.4 cm³/mol. The SMILES string of the molecule is CCOC(=O)Cc1csc(NC(=O)COC(=O)c2ccc3ocnc3c2)n1. The third-order valence-electron chi connectivity index (χ3n) is 3.33. The average molecular weight is 389 g/mol. The molecule has 0 aliphatic carbocycles. The number of carbonyl (C=O) groups is 3. The fourth-order valence-electron chi connectivity index (χ4n) is 2.16. The molecular formula is C17H15N3O6S. The van der Waals surface area contributed by atoms with Crippen LogP contribution in [-0.2, 0) is 25.5 Å². The third kappa shape index (κ3) is 4.88. The van der Waals surface area contributed by atoms with Crippen LogP contribution in [0.15, 0.2) is 34.4 Å². The van der Waals surface area contributed by atoms with Crippen molar-refractivity contribution in [2.75, 3.05) is 18.5 Å². The summed E-state index contributed by atoms with van der Waals surface area (Å²) in [6, 6.07) is 4.64. The van der Waals surface area contributed by atoms with Crippen molar-refractivity contribution in [1.82, 2.24) is 9.97 Å². The number of benzene rings is 1. The van der Waals surface area contributed by atoms with Gasteiger partial charge in [0, 0.05) is 5.38 Å². The van der Waals surface area contributed by atoms with Crippen molar-refractivity contribution in [2.24, 2.45) is 0 Å². The molecule has 10 heteroatoms. The van der Waals surface area contributed by atoms with Gasteiger partial charge in [-0.2, -0.15) is 0 Å². The van der Waals surface area contributed by atoms with Gasteiger partial charge in [0.05, 0.1) is 24.3 Å². The van der Waals surface area contributed by atoms with Crippen molar-refractivity contribution >= 4 is 45.4 Å². The van der Waals surface area contributed by atoms with Gasteiger partial charge in [-0.05, 0) is 25.1 Å². The van der Waals surface area contributed by atoms with E-state index in [9.17, 15) is 14.4 Å². The Morgan fingerprint density at radius 2 is 2.11 bits per heavy atom. The number of nitrogens with one attached hydrogen (secondary N) is 1. The molecule has 3 aromatic rings. The summed E-state index contributed by atoms with van der Waals surface area (Å²) in [7, 11) is 0. The molecule has 0 saturated carbocycles. The lowest BCUT2D eigenvalue weighted by atomic mass is 10.2. The summed E-state index contributed by atoms with van der Waals surface area (Å²) in [5.74, 6) is -1.58. The average Bonchev–Trinajstić information content (AvgIpc) is 3.28. The number of fused-ring (bicyclic) bond motifs is 1. The van der Waals surface area contributed by atoms with Gasteiger partial charge in [-0.3, -0.25) is 14.9 Å². The minimum Gasteiger partial charge on any atom is -0.466 e. The minimum atomic E-state index is -0.655. The van der Waals surface area contributed by atoms with E-state index in [1.165, 1.54) is 18.5 Å². The van der Waals surface area contributed by atoms with Crippen LogP contribution in [0.5, 0.6) is 0 Å². The molecular weight excluding hydrogens is 374 g/mol. The summed E-state index contributed by atoms with van der Waals surface area (Å²) < 4.78 is 14.9. The van der Waals surface area contributed by atoms with Crippen molar-refractivity contribution in [3.63, 3.8) is 0 Å². The molecule has 0 unspecified atom stereocenters. The second-order valence-electron chi connectivity index (χ2n) is 5.28. The number of ether oxygens (including phenoxy) is 2. The van der Waals surface area contributed by atoms with Gasteiger partial charge in [-0.1, -0.05) is 0 Å². The second kappa shape index (κ2) is 8.41. The summed E-state index contributed by atoms with van der Waals surface area (Å²) in [5, 5.41) is 4.46. The number of rotatable bonds is 7. The first-order valence-corrected chi connectivity index (χ1v) is 8.83. The highest BCUT2D eigenvalue weighted by Crippen LogP contribution is 2.17. The molecule has 0 aliphatic rings. The Balaban J connectivity index is 1.50. The lowest BCUT2D eigenvalue weighted by Crippen LogP contribution is -2.21. The number of hydrogen-bond acceptors (Lipinski definition) is 9. The molecule has 0 fully saturated rings. The van der Waals surface area contributed by atoms with E-state index < -0.39 is 24.5 Å². The summed E-state index contributed by atoms with van der Waals surface area (Å²) >= 11 is 1.16. The first-order valence-electron chi connectivity index (χ1n) is 7.95. The number of nitrogens with zero attached hydrogens (tertiary/aromatic N) is 2. The number of thiazole rings is 1. The number of amides is 1. The maximum Gasteiger partial charge on any atom is 0.338 e. The van der Waals surface area contributed by atoms with Gasteiger partial charge in [0.25, 0.3) is 5.91 Å². The second-order valence-corrected chi connectivity index (χ2v) is 6.14. The van der Waals surface area contributed by atoms with Crippen molar-refractivity contribution in [3.8, 4) is 0 Å². The molecule has 1 aromatic carbocycles. The van der Waals surface area contributed by atoms with Crippen LogP contribution < -0.4 is 5.32 Å². The molecule has 0 atom stereocenters. The Morgan fingerprint density at radius 3 is 2.93 bits per heavy atom. The lowest BCUT2D eigenvalue weighted by molar-refractivity contribution is -0.142. The summed E-state index contributed by atoms with van der Waals surface area (Å²) in [5.41, 5.74) is 1.82. The zero-order valence-electron chi connectivity index (χ0n) is 14.3. The Kier molecular flexibility index (Phi) is 5.77. The maximum absolute atomic E-state index is 12.0. The molecule has 0 radical (unpaired) electrons.